The largest absolute Gasteiger partial charge is 0.309 e. The molecule has 6 aromatic carbocycles. The zero-order chi connectivity index (χ0) is 26.6. The minimum Gasteiger partial charge on any atom is -0.309 e. The van der Waals surface area contributed by atoms with Crippen molar-refractivity contribution in [1.82, 2.24) is 0 Å². The minimum absolute atomic E-state index is 0.0465. The molecule has 6 aromatic rings. The Labute approximate surface area is 230 Å². The Balaban J connectivity index is 1.32. The maximum atomic E-state index is 14.7. The van der Waals surface area contributed by atoms with Gasteiger partial charge < -0.3 is 4.57 Å². The molecule has 7 rings (SSSR count). The maximum Gasteiger partial charge on any atom is 0.171 e. The molecular weight excluding hydrogens is 491 g/mol. The van der Waals surface area contributed by atoms with Gasteiger partial charge in [-0.15, -0.1) is 0 Å². The van der Waals surface area contributed by atoms with Gasteiger partial charge in [0.1, 0.15) is 0 Å². The van der Waals surface area contributed by atoms with Crippen molar-refractivity contribution in [2.75, 3.05) is 0 Å². The molecule has 1 aliphatic rings. The molecule has 0 aliphatic heterocycles. The van der Waals surface area contributed by atoms with Crippen molar-refractivity contribution in [2.45, 2.75) is 19.3 Å². The molecule has 0 unspecified atom stereocenters. The van der Waals surface area contributed by atoms with E-state index in [0.29, 0.717) is 0 Å². The van der Waals surface area contributed by atoms with Crippen LogP contribution in [0, 0.1) is 0 Å². The van der Waals surface area contributed by atoms with E-state index in [9.17, 15) is 4.57 Å². The van der Waals surface area contributed by atoms with Crippen molar-refractivity contribution < 1.29 is 4.57 Å². The lowest BCUT2D eigenvalue weighted by Crippen LogP contribution is -2.24. The highest BCUT2D eigenvalue weighted by Crippen LogP contribution is 2.51. The average molecular weight is 521 g/mol. The van der Waals surface area contributed by atoms with E-state index in [1.165, 1.54) is 38.6 Å². The first kappa shape index (κ1) is 23.9. The standard InChI is InChI=1S/C37H29OP/c1-37(2)35-22-19-29(24-33(35)34-23-27-11-9-10-12-28(27)25-36(34)37)26-17-20-32(21-18-26)39(38,30-13-5-3-6-14-30)31-15-7-4-8-16-31/h3-25H,1-2H3. The molecule has 0 radical (unpaired) electrons. The Bertz CT molecular complexity index is 1840. The van der Waals surface area contributed by atoms with Gasteiger partial charge in [0.25, 0.3) is 0 Å². The Kier molecular flexibility index (Phi) is 5.48. The zero-order valence-electron chi connectivity index (χ0n) is 22.1. The van der Waals surface area contributed by atoms with Crippen LogP contribution in [0.15, 0.2) is 140 Å². The third kappa shape index (κ3) is 3.73. The van der Waals surface area contributed by atoms with Crippen molar-refractivity contribution in [3.63, 3.8) is 0 Å². The highest BCUT2D eigenvalue weighted by molar-refractivity contribution is 7.85. The Morgan fingerprint density at radius 2 is 0.949 bits per heavy atom. The number of rotatable bonds is 4. The number of hydrogen-bond donors (Lipinski definition) is 0. The van der Waals surface area contributed by atoms with Gasteiger partial charge in [-0.2, -0.15) is 0 Å². The third-order valence-corrected chi connectivity index (χ3v) is 11.4. The smallest absolute Gasteiger partial charge is 0.171 e. The van der Waals surface area contributed by atoms with E-state index in [-0.39, 0.29) is 5.41 Å². The third-order valence-electron chi connectivity index (χ3n) is 8.35. The van der Waals surface area contributed by atoms with Crippen molar-refractivity contribution in [3.8, 4) is 22.3 Å². The molecule has 0 fully saturated rings. The lowest BCUT2D eigenvalue weighted by molar-refractivity contribution is 0.592. The lowest BCUT2D eigenvalue weighted by atomic mass is 9.81. The normalized spacial score (nSPS) is 13.7. The second kappa shape index (κ2) is 8.94. The van der Waals surface area contributed by atoms with E-state index in [0.717, 1.165) is 21.5 Å². The number of fused-ring (bicyclic) bond motifs is 4. The summed E-state index contributed by atoms with van der Waals surface area (Å²) in [6.07, 6.45) is 0. The topological polar surface area (TPSA) is 17.1 Å². The molecule has 0 atom stereocenters. The molecule has 0 bridgehead atoms. The van der Waals surface area contributed by atoms with Crippen LogP contribution in [0.3, 0.4) is 0 Å². The summed E-state index contributed by atoms with van der Waals surface area (Å²) in [6.45, 7) is 4.65. The first-order chi connectivity index (χ1) is 19.0. The van der Waals surface area contributed by atoms with E-state index in [1.54, 1.807) is 0 Å². The summed E-state index contributed by atoms with van der Waals surface area (Å²) in [6, 6.07) is 48.2. The lowest BCUT2D eigenvalue weighted by Gasteiger charge is -2.22. The van der Waals surface area contributed by atoms with Crippen LogP contribution in [-0.4, -0.2) is 0 Å². The predicted molar refractivity (Wildman–Crippen MR) is 166 cm³/mol. The fourth-order valence-electron chi connectivity index (χ4n) is 6.20. The van der Waals surface area contributed by atoms with Crippen LogP contribution in [0.1, 0.15) is 25.0 Å². The number of benzene rings is 6. The van der Waals surface area contributed by atoms with Crippen molar-refractivity contribution in [2.24, 2.45) is 0 Å². The van der Waals surface area contributed by atoms with Crippen LogP contribution >= 0.6 is 7.14 Å². The summed E-state index contributed by atoms with van der Waals surface area (Å²) >= 11 is 0. The predicted octanol–water partition coefficient (Wildman–Crippen LogP) is 8.45. The summed E-state index contributed by atoms with van der Waals surface area (Å²) in [4.78, 5) is 0. The van der Waals surface area contributed by atoms with E-state index in [4.69, 9.17) is 0 Å². The van der Waals surface area contributed by atoms with Crippen LogP contribution in [0.2, 0.25) is 0 Å². The van der Waals surface area contributed by atoms with Crippen LogP contribution in [0.4, 0.5) is 0 Å². The molecule has 0 aromatic heterocycles. The first-order valence-corrected chi connectivity index (χ1v) is 15.2. The van der Waals surface area contributed by atoms with Gasteiger partial charge in [-0.3, -0.25) is 0 Å². The molecular formula is C37H29OP. The summed E-state index contributed by atoms with van der Waals surface area (Å²) in [5.41, 5.74) is 7.63. The molecule has 39 heavy (non-hydrogen) atoms. The maximum absolute atomic E-state index is 14.7. The second-order valence-electron chi connectivity index (χ2n) is 11.0. The van der Waals surface area contributed by atoms with Gasteiger partial charge in [0, 0.05) is 21.3 Å². The van der Waals surface area contributed by atoms with Crippen LogP contribution in [-0.2, 0) is 9.98 Å². The van der Waals surface area contributed by atoms with Gasteiger partial charge in [0.15, 0.2) is 7.14 Å². The summed E-state index contributed by atoms with van der Waals surface area (Å²) in [7, 11) is -2.99. The molecule has 1 aliphatic carbocycles. The monoisotopic (exact) mass is 520 g/mol. The molecule has 0 amide bonds. The van der Waals surface area contributed by atoms with Gasteiger partial charge in [0.05, 0.1) is 0 Å². The molecule has 0 saturated carbocycles. The fraction of sp³-hybridized carbons (Fsp3) is 0.0811. The summed E-state index contributed by atoms with van der Waals surface area (Å²) < 4.78 is 14.7. The van der Waals surface area contributed by atoms with Gasteiger partial charge in [-0.05, 0) is 62.4 Å². The molecule has 0 N–H and O–H groups in total. The van der Waals surface area contributed by atoms with Crippen molar-refractivity contribution in [1.29, 1.82) is 0 Å². The Morgan fingerprint density at radius 3 is 1.56 bits per heavy atom. The van der Waals surface area contributed by atoms with Gasteiger partial charge >= 0.3 is 0 Å². The molecule has 0 saturated heterocycles. The average Bonchev–Trinajstić information content (AvgIpc) is 3.21. The van der Waals surface area contributed by atoms with Gasteiger partial charge in [0.2, 0.25) is 0 Å². The minimum atomic E-state index is -2.99. The highest BCUT2D eigenvalue weighted by Gasteiger charge is 2.36. The fourth-order valence-corrected chi connectivity index (χ4v) is 8.85. The summed E-state index contributed by atoms with van der Waals surface area (Å²) in [5, 5.41) is 5.12. The SMILES string of the molecule is CC1(C)c2ccc(-c3ccc(P(=O)(c4ccccc4)c4ccccc4)cc3)cc2-c2cc3ccccc3cc21. The summed E-state index contributed by atoms with van der Waals surface area (Å²) in [5.74, 6) is 0. The molecule has 0 spiro atoms. The van der Waals surface area contributed by atoms with E-state index in [2.05, 4.69) is 92.7 Å². The molecule has 1 nitrogen and oxygen atoms in total. The van der Waals surface area contributed by atoms with Crippen LogP contribution in [0.5, 0.6) is 0 Å². The van der Waals surface area contributed by atoms with Gasteiger partial charge in [-0.25, -0.2) is 0 Å². The van der Waals surface area contributed by atoms with E-state index >= 15 is 0 Å². The van der Waals surface area contributed by atoms with E-state index in [1.807, 2.05) is 60.7 Å². The van der Waals surface area contributed by atoms with Crippen LogP contribution < -0.4 is 15.9 Å². The quantitative estimate of drug-likeness (QED) is 0.213. The zero-order valence-corrected chi connectivity index (χ0v) is 23.0. The first-order valence-electron chi connectivity index (χ1n) is 13.5. The number of hydrogen-bond acceptors (Lipinski definition) is 1. The second-order valence-corrected chi connectivity index (χ2v) is 13.7. The van der Waals surface area contributed by atoms with Crippen molar-refractivity contribution >= 4 is 33.8 Å². The van der Waals surface area contributed by atoms with Crippen molar-refractivity contribution in [3.05, 3.63) is 151 Å². The Hall–Kier alpha value is -4.19. The molecule has 0 heterocycles. The highest BCUT2D eigenvalue weighted by atomic mass is 31.2. The van der Waals surface area contributed by atoms with Crippen LogP contribution in [0.25, 0.3) is 33.0 Å². The molecule has 188 valence electrons. The van der Waals surface area contributed by atoms with E-state index < -0.39 is 7.14 Å². The Morgan fingerprint density at radius 1 is 0.462 bits per heavy atom. The van der Waals surface area contributed by atoms with Gasteiger partial charge in [-0.1, -0.05) is 135 Å². The molecule has 2 heteroatoms.